The van der Waals surface area contributed by atoms with Crippen LogP contribution in [-0.2, 0) is 20.1 Å². The third-order valence-electron chi connectivity index (χ3n) is 2.83. The van der Waals surface area contributed by atoms with E-state index in [1.807, 2.05) is 0 Å². The molecule has 0 saturated carbocycles. The van der Waals surface area contributed by atoms with Gasteiger partial charge < -0.3 is 10.2 Å². The van der Waals surface area contributed by atoms with Gasteiger partial charge in [0.2, 0.25) is 5.78 Å². The van der Waals surface area contributed by atoms with E-state index in [0.29, 0.717) is 0 Å². The zero-order chi connectivity index (χ0) is 17.5. The molecule has 0 aromatic heterocycles. The summed E-state index contributed by atoms with van der Waals surface area (Å²) in [5.41, 5.74) is 0.426. The number of hydrogen-bond donors (Lipinski definition) is 2. The summed E-state index contributed by atoms with van der Waals surface area (Å²) in [6.07, 6.45) is 0.993. The molecule has 23 heavy (non-hydrogen) atoms. The molecule has 0 aliphatic rings. The van der Waals surface area contributed by atoms with E-state index in [1.54, 1.807) is 48.5 Å². The molecule has 0 fully saturated rings. The number of rotatable bonds is 4. The monoisotopic (exact) mass is 338 g/mol. The number of benzene rings is 2. The highest BCUT2D eigenvalue weighted by molar-refractivity contribution is 7.85. The van der Waals surface area contributed by atoms with E-state index < -0.39 is 21.7 Å². The molecule has 0 unspecified atom stereocenters. The van der Waals surface area contributed by atoms with Crippen molar-refractivity contribution in [2.75, 3.05) is 13.4 Å². The molecule has 7 heteroatoms. The number of Topliss-reactive ketones (excluding diaryl/α,β-unsaturated/α-hetero) is 1. The molecule has 2 N–H and O–H groups in total. The fourth-order valence-electron chi connectivity index (χ4n) is 1.59. The molecule has 2 aromatic rings. The van der Waals surface area contributed by atoms with Gasteiger partial charge in [0.05, 0.1) is 13.4 Å². The number of hydrogen-bond acceptors (Lipinski definition) is 6. The minimum Gasteiger partial charge on any atom is -0.356 e. The Bertz CT molecular complexity index is 724. The van der Waals surface area contributed by atoms with Crippen LogP contribution in [0.4, 0.5) is 0 Å². The van der Waals surface area contributed by atoms with E-state index in [1.165, 1.54) is 12.1 Å². The Morgan fingerprint density at radius 3 is 1.74 bits per heavy atom. The van der Waals surface area contributed by atoms with Crippen molar-refractivity contribution in [3.8, 4) is 0 Å². The van der Waals surface area contributed by atoms with Crippen molar-refractivity contribution in [2.24, 2.45) is 0 Å². The van der Waals surface area contributed by atoms with Gasteiger partial charge in [0.25, 0.3) is 15.9 Å². The number of carbonyl (C=O) groups excluding carboxylic acids is 1. The normalized spacial score (nSPS) is 11.3. The zero-order valence-electron chi connectivity index (χ0n) is 12.7. The second-order valence-electron chi connectivity index (χ2n) is 4.60. The number of ketones is 1. The second-order valence-corrected chi connectivity index (χ2v) is 6.35. The smallest absolute Gasteiger partial charge is 0.264 e. The summed E-state index contributed by atoms with van der Waals surface area (Å²) < 4.78 is 23.5. The van der Waals surface area contributed by atoms with Gasteiger partial charge in [-0.25, -0.2) is 0 Å². The largest absolute Gasteiger partial charge is 0.356 e. The lowest BCUT2D eigenvalue weighted by atomic mass is 9.96. The van der Waals surface area contributed by atoms with Crippen molar-refractivity contribution in [3.05, 3.63) is 71.8 Å². The highest BCUT2D eigenvalue weighted by Crippen LogP contribution is 2.22. The lowest BCUT2D eigenvalue weighted by Crippen LogP contribution is -2.35. The Morgan fingerprint density at radius 2 is 1.35 bits per heavy atom. The Hall–Kier alpha value is -2.06. The van der Waals surface area contributed by atoms with Crippen molar-refractivity contribution < 1.29 is 27.6 Å². The van der Waals surface area contributed by atoms with Crippen molar-refractivity contribution in [1.29, 1.82) is 0 Å². The minimum atomic E-state index is -3.16. The maximum atomic E-state index is 12.0. The Kier molecular flexibility index (Phi) is 6.59. The van der Waals surface area contributed by atoms with E-state index in [-0.39, 0.29) is 11.1 Å². The van der Waals surface area contributed by atoms with Gasteiger partial charge >= 0.3 is 0 Å². The van der Waals surface area contributed by atoms with Gasteiger partial charge in [-0.2, -0.15) is 8.42 Å². The number of aliphatic hydroxyl groups is 2. The molecule has 0 aliphatic carbocycles. The molecule has 0 spiro atoms. The SMILES string of the molecule is COS(C)(=O)=O.O=C(c1ccccc1)C(O)(O)c1ccccc1. The Labute approximate surface area is 135 Å². The maximum Gasteiger partial charge on any atom is 0.264 e. The lowest BCUT2D eigenvalue weighted by Gasteiger charge is -2.20. The van der Waals surface area contributed by atoms with Crippen LogP contribution in [0.2, 0.25) is 0 Å². The highest BCUT2D eigenvalue weighted by Gasteiger charge is 2.35. The molecule has 0 amide bonds. The van der Waals surface area contributed by atoms with Gasteiger partial charge in [-0.15, -0.1) is 0 Å². The first-order chi connectivity index (χ1) is 10.7. The van der Waals surface area contributed by atoms with Crippen LogP contribution in [0.3, 0.4) is 0 Å². The van der Waals surface area contributed by atoms with Gasteiger partial charge in [0.1, 0.15) is 0 Å². The van der Waals surface area contributed by atoms with E-state index in [4.69, 9.17) is 0 Å². The van der Waals surface area contributed by atoms with Crippen molar-refractivity contribution in [1.82, 2.24) is 0 Å². The van der Waals surface area contributed by atoms with E-state index in [0.717, 1.165) is 13.4 Å². The average molecular weight is 338 g/mol. The second kappa shape index (κ2) is 7.98. The highest BCUT2D eigenvalue weighted by atomic mass is 32.2. The molecule has 0 bridgehead atoms. The van der Waals surface area contributed by atoms with Crippen LogP contribution in [0.1, 0.15) is 15.9 Å². The van der Waals surface area contributed by atoms with Crippen LogP contribution >= 0.6 is 0 Å². The minimum absolute atomic E-state index is 0.161. The molecule has 0 atom stereocenters. The zero-order valence-corrected chi connectivity index (χ0v) is 13.5. The Morgan fingerprint density at radius 1 is 0.957 bits per heavy atom. The summed E-state index contributed by atoms with van der Waals surface area (Å²) >= 11 is 0. The lowest BCUT2D eigenvalue weighted by molar-refractivity contribution is -0.128. The van der Waals surface area contributed by atoms with Crippen LogP contribution in [-0.4, -0.2) is 37.8 Å². The standard InChI is InChI=1S/C14H12O3.C2H6O3S/c15-13(11-7-3-1-4-8-11)14(16,17)12-9-5-2-6-10-12;1-5-6(2,3)4/h1-10,16-17H;1-2H3. The molecular formula is C16H18O6S. The van der Waals surface area contributed by atoms with Crippen LogP contribution < -0.4 is 0 Å². The molecule has 0 heterocycles. The molecule has 0 radical (unpaired) electrons. The fourth-order valence-corrected chi connectivity index (χ4v) is 1.59. The quantitative estimate of drug-likeness (QED) is 0.495. The van der Waals surface area contributed by atoms with Gasteiger partial charge in [0, 0.05) is 11.1 Å². The number of carbonyl (C=O) groups is 1. The third-order valence-corrected chi connectivity index (χ3v) is 3.44. The van der Waals surface area contributed by atoms with Crippen LogP contribution in [0.5, 0.6) is 0 Å². The molecule has 0 aliphatic heterocycles. The van der Waals surface area contributed by atoms with Crippen LogP contribution in [0.25, 0.3) is 0 Å². The van der Waals surface area contributed by atoms with Crippen molar-refractivity contribution >= 4 is 15.9 Å². The summed E-state index contributed by atoms with van der Waals surface area (Å²) in [6, 6.07) is 16.2. The molecule has 0 saturated heterocycles. The molecular weight excluding hydrogens is 320 g/mol. The van der Waals surface area contributed by atoms with Crippen LogP contribution in [0.15, 0.2) is 60.7 Å². The first-order valence-corrected chi connectivity index (χ1v) is 8.36. The van der Waals surface area contributed by atoms with Gasteiger partial charge in [-0.1, -0.05) is 60.7 Å². The fraction of sp³-hybridized carbons (Fsp3) is 0.188. The summed E-state index contributed by atoms with van der Waals surface area (Å²) in [7, 11) is -2.04. The van der Waals surface area contributed by atoms with Gasteiger partial charge in [0.15, 0.2) is 0 Å². The molecule has 6 nitrogen and oxygen atoms in total. The predicted molar refractivity (Wildman–Crippen MR) is 85.2 cm³/mol. The van der Waals surface area contributed by atoms with Crippen molar-refractivity contribution in [3.63, 3.8) is 0 Å². The molecule has 2 rings (SSSR count). The van der Waals surface area contributed by atoms with Gasteiger partial charge in [-0.05, 0) is 0 Å². The first kappa shape index (κ1) is 19.0. The summed E-state index contributed by atoms with van der Waals surface area (Å²) in [4.78, 5) is 12.0. The summed E-state index contributed by atoms with van der Waals surface area (Å²) in [6.45, 7) is 0. The predicted octanol–water partition coefficient (Wildman–Crippen LogP) is 1.30. The molecule has 2 aromatic carbocycles. The third kappa shape index (κ3) is 5.91. The Balaban J connectivity index is 0.000000379. The van der Waals surface area contributed by atoms with E-state index in [2.05, 4.69) is 4.18 Å². The summed E-state index contributed by atoms with van der Waals surface area (Å²) in [5, 5.41) is 19.8. The maximum absolute atomic E-state index is 12.0. The summed E-state index contributed by atoms with van der Waals surface area (Å²) in [5.74, 6) is -3.22. The van der Waals surface area contributed by atoms with Gasteiger partial charge in [-0.3, -0.25) is 8.98 Å². The molecule has 124 valence electrons. The average Bonchev–Trinajstić information content (AvgIpc) is 2.55. The van der Waals surface area contributed by atoms with Crippen LogP contribution in [0, 0.1) is 0 Å². The first-order valence-electron chi connectivity index (χ1n) is 6.54. The van der Waals surface area contributed by atoms with E-state index in [9.17, 15) is 23.4 Å². The van der Waals surface area contributed by atoms with E-state index >= 15 is 0 Å². The topological polar surface area (TPSA) is 101 Å². The van der Waals surface area contributed by atoms with Crippen molar-refractivity contribution in [2.45, 2.75) is 5.79 Å².